The fraction of sp³-hybridized carbons (Fsp3) is 0.381. The van der Waals surface area contributed by atoms with Gasteiger partial charge in [0.05, 0.1) is 16.6 Å². The molecule has 1 amide bonds. The van der Waals surface area contributed by atoms with Crippen molar-refractivity contribution in [1.82, 2.24) is 14.5 Å². The topological polar surface area (TPSA) is 98.3 Å². The molecular formula is C21H22N4O4S. The number of nitro benzene ring substituents is 1. The monoisotopic (exact) mass is 426 g/mol. The van der Waals surface area contributed by atoms with Crippen molar-refractivity contribution >= 4 is 33.1 Å². The van der Waals surface area contributed by atoms with Crippen molar-refractivity contribution < 1.29 is 9.72 Å². The number of hydrogen-bond acceptors (Lipinski definition) is 6. The van der Waals surface area contributed by atoms with Crippen molar-refractivity contribution in [1.29, 1.82) is 0 Å². The maximum absolute atomic E-state index is 13.0. The quantitative estimate of drug-likeness (QED) is 0.445. The van der Waals surface area contributed by atoms with Gasteiger partial charge in [-0.05, 0) is 36.8 Å². The second-order valence-electron chi connectivity index (χ2n) is 7.56. The first-order chi connectivity index (χ1) is 14.4. The van der Waals surface area contributed by atoms with Crippen LogP contribution in [0.5, 0.6) is 0 Å². The Hall–Kier alpha value is -3.07. The first-order valence-electron chi connectivity index (χ1n) is 9.91. The van der Waals surface area contributed by atoms with E-state index in [1.165, 1.54) is 32.8 Å². The van der Waals surface area contributed by atoms with Gasteiger partial charge in [-0.3, -0.25) is 24.3 Å². The van der Waals surface area contributed by atoms with Crippen LogP contribution in [0.1, 0.15) is 35.3 Å². The minimum absolute atomic E-state index is 0.00151. The summed E-state index contributed by atoms with van der Waals surface area (Å²) in [7, 11) is 1.65. The van der Waals surface area contributed by atoms with Gasteiger partial charge in [0.2, 0.25) is 5.91 Å². The SMILES string of the molecule is CN(Cc1cccc([N+](=O)[O-])c1)C(=O)CCn1cnc2sc3c(c2c1=O)CCCC3. The lowest BCUT2D eigenvalue weighted by Gasteiger charge is -2.17. The van der Waals surface area contributed by atoms with Crippen molar-refractivity contribution in [3.8, 4) is 0 Å². The lowest BCUT2D eigenvalue weighted by Crippen LogP contribution is -2.29. The lowest BCUT2D eigenvalue weighted by atomic mass is 9.97. The van der Waals surface area contributed by atoms with Gasteiger partial charge in [-0.25, -0.2) is 4.98 Å². The molecule has 0 aliphatic heterocycles. The predicted molar refractivity (Wildman–Crippen MR) is 115 cm³/mol. The van der Waals surface area contributed by atoms with Crippen molar-refractivity contribution in [2.45, 2.75) is 45.2 Å². The molecule has 0 saturated heterocycles. The molecule has 0 saturated carbocycles. The molecule has 4 rings (SSSR count). The summed E-state index contributed by atoms with van der Waals surface area (Å²) in [6, 6.07) is 6.24. The second kappa shape index (κ2) is 8.35. The molecule has 1 aromatic carbocycles. The normalized spacial score (nSPS) is 13.2. The molecule has 30 heavy (non-hydrogen) atoms. The maximum Gasteiger partial charge on any atom is 0.269 e. The largest absolute Gasteiger partial charge is 0.341 e. The van der Waals surface area contributed by atoms with Gasteiger partial charge in [0.15, 0.2) is 0 Å². The van der Waals surface area contributed by atoms with Crippen LogP contribution in [-0.2, 0) is 30.7 Å². The molecule has 0 radical (unpaired) electrons. The second-order valence-corrected chi connectivity index (χ2v) is 8.64. The highest BCUT2D eigenvalue weighted by molar-refractivity contribution is 7.18. The smallest absolute Gasteiger partial charge is 0.269 e. The van der Waals surface area contributed by atoms with Crippen LogP contribution >= 0.6 is 11.3 Å². The third kappa shape index (κ3) is 3.97. The average Bonchev–Trinajstić information content (AvgIpc) is 3.12. The molecule has 0 bridgehead atoms. The molecule has 1 aliphatic carbocycles. The zero-order valence-corrected chi connectivity index (χ0v) is 17.5. The van der Waals surface area contributed by atoms with Crippen LogP contribution in [-0.4, -0.2) is 32.3 Å². The van der Waals surface area contributed by atoms with Crippen LogP contribution in [0.4, 0.5) is 5.69 Å². The number of aromatic nitrogens is 2. The Morgan fingerprint density at radius 1 is 1.33 bits per heavy atom. The van der Waals surface area contributed by atoms with Crippen LogP contribution in [0.15, 0.2) is 35.4 Å². The summed E-state index contributed by atoms with van der Waals surface area (Å²) in [5.74, 6) is -0.138. The highest BCUT2D eigenvalue weighted by atomic mass is 32.1. The zero-order valence-electron chi connectivity index (χ0n) is 16.7. The highest BCUT2D eigenvalue weighted by Gasteiger charge is 2.20. The highest BCUT2D eigenvalue weighted by Crippen LogP contribution is 2.33. The molecule has 8 nitrogen and oxygen atoms in total. The number of rotatable bonds is 6. The number of nitro groups is 1. The molecule has 0 spiro atoms. The third-order valence-corrected chi connectivity index (χ3v) is 6.68. The first-order valence-corrected chi connectivity index (χ1v) is 10.7. The first kappa shape index (κ1) is 20.2. The van der Waals surface area contributed by atoms with Gasteiger partial charge in [0.25, 0.3) is 11.2 Å². The van der Waals surface area contributed by atoms with E-state index >= 15 is 0 Å². The molecule has 2 heterocycles. The number of nitrogens with zero attached hydrogens (tertiary/aromatic N) is 4. The van der Waals surface area contributed by atoms with Crippen molar-refractivity contribution in [2.75, 3.05) is 7.05 Å². The molecule has 1 aliphatic rings. The standard InChI is InChI=1S/C21H22N4O4S/c1-23(12-14-5-4-6-15(11-14)25(28)29)18(26)9-10-24-13-22-20-19(21(24)27)16-7-2-3-8-17(16)30-20/h4-6,11,13H,2-3,7-10,12H2,1H3. The van der Waals surface area contributed by atoms with E-state index in [0.29, 0.717) is 5.56 Å². The van der Waals surface area contributed by atoms with E-state index in [0.717, 1.165) is 41.5 Å². The van der Waals surface area contributed by atoms with Crippen LogP contribution in [0, 0.1) is 10.1 Å². The Balaban J connectivity index is 1.45. The summed E-state index contributed by atoms with van der Waals surface area (Å²) in [6.45, 7) is 0.523. The minimum Gasteiger partial charge on any atom is -0.341 e. The fourth-order valence-electron chi connectivity index (χ4n) is 3.88. The van der Waals surface area contributed by atoms with Crippen LogP contribution in [0.2, 0.25) is 0 Å². The Labute approximate surface area is 176 Å². The van der Waals surface area contributed by atoms with Crippen molar-refractivity contribution in [3.63, 3.8) is 0 Å². The Bertz CT molecular complexity index is 1180. The summed E-state index contributed by atoms with van der Waals surface area (Å²) >= 11 is 1.61. The summed E-state index contributed by atoms with van der Waals surface area (Å²) in [6.07, 6.45) is 5.86. The van der Waals surface area contributed by atoms with Gasteiger partial charge in [0.1, 0.15) is 4.83 Å². The van der Waals surface area contributed by atoms with Crippen LogP contribution < -0.4 is 5.56 Å². The Morgan fingerprint density at radius 2 is 2.13 bits per heavy atom. The maximum atomic E-state index is 13.0. The number of thiophene rings is 1. The fourth-order valence-corrected chi connectivity index (χ4v) is 5.10. The number of aryl methyl sites for hydroxylation is 3. The third-order valence-electron chi connectivity index (χ3n) is 5.48. The van der Waals surface area contributed by atoms with Crippen molar-refractivity contribution in [3.05, 3.63) is 67.1 Å². The van der Waals surface area contributed by atoms with E-state index in [1.54, 1.807) is 30.5 Å². The van der Waals surface area contributed by atoms with Gasteiger partial charge in [-0.15, -0.1) is 11.3 Å². The van der Waals surface area contributed by atoms with E-state index in [2.05, 4.69) is 4.98 Å². The molecule has 2 aromatic heterocycles. The van der Waals surface area contributed by atoms with Gasteiger partial charge >= 0.3 is 0 Å². The number of non-ortho nitro benzene ring substituents is 1. The summed E-state index contributed by atoms with van der Waals surface area (Å²) in [5, 5.41) is 11.6. The van der Waals surface area contributed by atoms with Crippen molar-refractivity contribution in [2.24, 2.45) is 0 Å². The predicted octanol–water partition coefficient (Wildman–Crippen LogP) is 3.29. The zero-order chi connectivity index (χ0) is 21.3. The molecule has 9 heteroatoms. The molecule has 0 fully saturated rings. The molecule has 0 unspecified atom stereocenters. The van der Waals surface area contributed by atoms with Gasteiger partial charge in [-0.1, -0.05) is 12.1 Å². The van der Waals surface area contributed by atoms with Gasteiger partial charge in [-0.2, -0.15) is 0 Å². The van der Waals surface area contributed by atoms with Gasteiger partial charge in [0, 0.05) is 43.6 Å². The number of benzene rings is 1. The Kier molecular flexibility index (Phi) is 5.63. The average molecular weight is 426 g/mol. The number of carbonyl (C=O) groups excluding carboxylic acids is 1. The number of fused-ring (bicyclic) bond motifs is 3. The van der Waals surface area contributed by atoms with Gasteiger partial charge < -0.3 is 4.90 Å². The number of carbonyl (C=O) groups is 1. The molecule has 0 atom stereocenters. The molecular weight excluding hydrogens is 404 g/mol. The van der Waals surface area contributed by atoms with E-state index < -0.39 is 4.92 Å². The van der Waals surface area contributed by atoms with E-state index in [1.807, 2.05) is 0 Å². The van der Waals surface area contributed by atoms with E-state index in [-0.39, 0.29) is 36.7 Å². The summed E-state index contributed by atoms with van der Waals surface area (Å²) < 4.78 is 1.52. The van der Waals surface area contributed by atoms with E-state index in [4.69, 9.17) is 0 Å². The van der Waals surface area contributed by atoms with Crippen LogP contribution in [0.3, 0.4) is 0 Å². The Morgan fingerprint density at radius 3 is 2.93 bits per heavy atom. The number of hydrogen-bond donors (Lipinski definition) is 0. The molecule has 3 aromatic rings. The number of amides is 1. The lowest BCUT2D eigenvalue weighted by molar-refractivity contribution is -0.384. The van der Waals surface area contributed by atoms with Crippen LogP contribution in [0.25, 0.3) is 10.2 Å². The summed E-state index contributed by atoms with van der Waals surface area (Å²) in [5.41, 5.74) is 1.75. The molecule has 0 N–H and O–H groups in total. The summed E-state index contributed by atoms with van der Waals surface area (Å²) in [4.78, 5) is 44.0. The minimum atomic E-state index is -0.454. The molecule has 156 valence electrons. The van der Waals surface area contributed by atoms with E-state index in [9.17, 15) is 19.7 Å².